The lowest BCUT2D eigenvalue weighted by Gasteiger charge is -2.32. The van der Waals surface area contributed by atoms with Crippen LogP contribution in [0.4, 0.5) is 0 Å². The Kier molecular flexibility index (Phi) is 4.61. The molecule has 1 aromatic heterocycles. The van der Waals surface area contributed by atoms with Crippen molar-refractivity contribution in [3.05, 3.63) is 23.2 Å². The zero-order chi connectivity index (χ0) is 13.8. The third-order valence-corrected chi connectivity index (χ3v) is 3.80. The molecule has 0 aromatic carbocycles. The molecule has 2 rings (SSSR count). The Morgan fingerprint density at radius 2 is 2.37 bits per heavy atom. The highest BCUT2D eigenvalue weighted by Gasteiger charge is 2.18. The van der Waals surface area contributed by atoms with Crippen LogP contribution >= 0.6 is 0 Å². The van der Waals surface area contributed by atoms with Crippen LogP contribution in [-0.2, 0) is 6.54 Å². The van der Waals surface area contributed by atoms with Gasteiger partial charge in [0.15, 0.2) is 0 Å². The molecule has 2 N–H and O–H groups in total. The summed E-state index contributed by atoms with van der Waals surface area (Å²) in [6.45, 7) is 4.34. The van der Waals surface area contributed by atoms with Gasteiger partial charge < -0.3 is 19.7 Å². The molecule has 5 nitrogen and oxygen atoms in total. The molecule has 1 unspecified atom stereocenters. The van der Waals surface area contributed by atoms with Gasteiger partial charge in [0.25, 0.3) is 0 Å². The Balaban J connectivity index is 1.82. The predicted octanol–water partition coefficient (Wildman–Crippen LogP) is 1.86. The number of aryl methyl sites for hydroxylation is 1. The van der Waals surface area contributed by atoms with Gasteiger partial charge in [-0.1, -0.05) is 6.42 Å². The number of carboxylic acid groups (broad SMARTS) is 1. The highest BCUT2D eigenvalue weighted by Crippen LogP contribution is 2.16. The van der Waals surface area contributed by atoms with E-state index in [1.807, 2.05) is 0 Å². The molecule has 0 aliphatic carbocycles. The van der Waals surface area contributed by atoms with E-state index in [0.717, 1.165) is 13.1 Å². The molecular weight excluding hydrogens is 244 g/mol. The first kappa shape index (κ1) is 14.1. The third-order valence-electron chi connectivity index (χ3n) is 3.80. The van der Waals surface area contributed by atoms with E-state index in [1.54, 1.807) is 13.0 Å². The van der Waals surface area contributed by atoms with Crippen LogP contribution in [0.5, 0.6) is 0 Å². The lowest BCUT2D eigenvalue weighted by Crippen LogP contribution is -2.42. The van der Waals surface area contributed by atoms with Gasteiger partial charge in [-0.25, -0.2) is 4.79 Å². The zero-order valence-electron chi connectivity index (χ0n) is 11.6. The number of likely N-dealkylation sites (tertiary alicyclic amines) is 1. The second kappa shape index (κ2) is 6.21. The number of hydrogen-bond acceptors (Lipinski definition) is 4. The van der Waals surface area contributed by atoms with E-state index in [4.69, 9.17) is 9.52 Å². The summed E-state index contributed by atoms with van der Waals surface area (Å²) in [6.07, 6.45) is 3.80. The van der Waals surface area contributed by atoms with Crippen molar-refractivity contribution in [1.82, 2.24) is 10.2 Å². The second-order valence-corrected chi connectivity index (χ2v) is 5.25. The summed E-state index contributed by atoms with van der Waals surface area (Å²) in [5.74, 6) is 0.229. The Morgan fingerprint density at radius 3 is 3.00 bits per heavy atom. The number of aromatic carboxylic acids is 1. The van der Waals surface area contributed by atoms with Crippen LogP contribution < -0.4 is 5.32 Å². The van der Waals surface area contributed by atoms with E-state index in [-0.39, 0.29) is 5.56 Å². The quantitative estimate of drug-likeness (QED) is 0.851. The number of carbonyl (C=O) groups is 1. The second-order valence-electron chi connectivity index (χ2n) is 5.25. The fourth-order valence-electron chi connectivity index (χ4n) is 2.61. The summed E-state index contributed by atoms with van der Waals surface area (Å²) in [5, 5.41) is 12.3. The van der Waals surface area contributed by atoms with Crippen molar-refractivity contribution in [3.8, 4) is 0 Å². The minimum atomic E-state index is -0.931. The Bertz CT molecular complexity index is 442. The van der Waals surface area contributed by atoms with Crippen LogP contribution in [0.1, 0.15) is 41.1 Å². The van der Waals surface area contributed by atoms with Crippen molar-refractivity contribution in [2.45, 2.75) is 38.8 Å². The smallest absolute Gasteiger partial charge is 0.339 e. The van der Waals surface area contributed by atoms with Crippen molar-refractivity contribution in [3.63, 3.8) is 0 Å². The van der Waals surface area contributed by atoms with E-state index in [0.29, 0.717) is 24.1 Å². The fraction of sp³-hybridized carbons (Fsp3) is 0.643. The first-order chi connectivity index (χ1) is 9.08. The standard InChI is InChI=1S/C14H22N2O3/c1-10-13(14(17)18)7-12(19-10)9-15-8-11-5-3-4-6-16(11)2/h7,11,15H,3-6,8-9H2,1-2H3,(H,17,18). The third kappa shape index (κ3) is 3.58. The Hall–Kier alpha value is -1.33. The molecule has 1 aliphatic heterocycles. The average Bonchev–Trinajstić information content (AvgIpc) is 2.73. The van der Waals surface area contributed by atoms with Crippen LogP contribution in [0.3, 0.4) is 0 Å². The van der Waals surface area contributed by atoms with Crippen molar-refractivity contribution >= 4 is 5.97 Å². The molecule has 5 heteroatoms. The van der Waals surface area contributed by atoms with Gasteiger partial charge >= 0.3 is 5.97 Å². The zero-order valence-corrected chi connectivity index (χ0v) is 11.6. The molecule has 1 atom stereocenters. The molecular formula is C14H22N2O3. The normalized spacial score (nSPS) is 20.6. The molecule has 2 heterocycles. The van der Waals surface area contributed by atoms with E-state index in [9.17, 15) is 4.79 Å². The van der Waals surface area contributed by atoms with Gasteiger partial charge in [-0.15, -0.1) is 0 Å². The van der Waals surface area contributed by atoms with Gasteiger partial charge in [0.05, 0.1) is 6.54 Å². The van der Waals surface area contributed by atoms with E-state index < -0.39 is 5.97 Å². The minimum absolute atomic E-state index is 0.256. The molecule has 1 saturated heterocycles. The maximum atomic E-state index is 10.9. The van der Waals surface area contributed by atoms with Crippen LogP contribution in [0.2, 0.25) is 0 Å². The van der Waals surface area contributed by atoms with Crippen molar-refractivity contribution in [2.75, 3.05) is 20.1 Å². The van der Waals surface area contributed by atoms with Crippen molar-refractivity contribution in [1.29, 1.82) is 0 Å². The minimum Gasteiger partial charge on any atom is -0.478 e. The highest BCUT2D eigenvalue weighted by atomic mass is 16.4. The van der Waals surface area contributed by atoms with E-state index >= 15 is 0 Å². The van der Waals surface area contributed by atoms with Crippen LogP contribution in [0.25, 0.3) is 0 Å². The lowest BCUT2D eigenvalue weighted by molar-refractivity contribution is 0.0695. The number of piperidine rings is 1. The Morgan fingerprint density at radius 1 is 1.58 bits per heavy atom. The summed E-state index contributed by atoms with van der Waals surface area (Å²) in [6, 6.07) is 2.18. The number of rotatable bonds is 5. The summed E-state index contributed by atoms with van der Waals surface area (Å²) in [7, 11) is 2.16. The number of carboxylic acids is 1. The van der Waals surface area contributed by atoms with Crippen LogP contribution in [0.15, 0.2) is 10.5 Å². The monoisotopic (exact) mass is 266 g/mol. The summed E-state index contributed by atoms with van der Waals surface area (Å²) >= 11 is 0. The molecule has 1 aliphatic rings. The molecule has 106 valence electrons. The number of nitrogens with zero attached hydrogens (tertiary/aromatic N) is 1. The molecule has 1 fully saturated rings. The number of likely N-dealkylation sites (N-methyl/N-ethyl adjacent to an activating group) is 1. The van der Waals surface area contributed by atoms with Crippen LogP contribution in [0, 0.1) is 6.92 Å². The Labute approximate surface area is 113 Å². The maximum Gasteiger partial charge on any atom is 0.339 e. The van der Waals surface area contributed by atoms with Gasteiger partial charge in [0.2, 0.25) is 0 Å². The van der Waals surface area contributed by atoms with Gasteiger partial charge in [-0.2, -0.15) is 0 Å². The number of furan rings is 1. The van der Waals surface area contributed by atoms with E-state index in [1.165, 1.54) is 19.3 Å². The summed E-state index contributed by atoms with van der Waals surface area (Å²) in [4.78, 5) is 13.3. The molecule has 1 aromatic rings. The lowest BCUT2D eigenvalue weighted by atomic mass is 10.0. The summed E-state index contributed by atoms with van der Waals surface area (Å²) in [5.41, 5.74) is 0.256. The molecule has 0 bridgehead atoms. The van der Waals surface area contributed by atoms with Gasteiger partial charge in [-0.3, -0.25) is 0 Å². The number of nitrogens with one attached hydrogen (secondary N) is 1. The SMILES string of the molecule is Cc1oc(CNCC2CCCCN2C)cc1C(=O)O. The maximum absolute atomic E-state index is 10.9. The molecule has 0 amide bonds. The molecule has 0 saturated carbocycles. The average molecular weight is 266 g/mol. The van der Waals surface area contributed by atoms with Gasteiger partial charge in [0.1, 0.15) is 17.1 Å². The van der Waals surface area contributed by atoms with E-state index in [2.05, 4.69) is 17.3 Å². The van der Waals surface area contributed by atoms with Gasteiger partial charge in [0, 0.05) is 12.6 Å². The van der Waals surface area contributed by atoms with Crippen molar-refractivity contribution < 1.29 is 14.3 Å². The largest absolute Gasteiger partial charge is 0.478 e. The molecule has 19 heavy (non-hydrogen) atoms. The highest BCUT2D eigenvalue weighted by molar-refractivity contribution is 5.88. The first-order valence-electron chi connectivity index (χ1n) is 6.81. The summed E-state index contributed by atoms with van der Waals surface area (Å²) < 4.78 is 5.44. The molecule has 0 spiro atoms. The van der Waals surface area contributed by atoms with Crippen molar-refractivity contribution in [2.24, 2.45) is 0 Å². The fourth-order valence-corrected chi connectivity index (χ4v) is 2.61. The van der Waals surface area contributed by atoms with Gasteiger partial charge in [-0.05, 0) is 39.4 Å². The van der Waals surface area contributed by atoms with Crippen LogP contribution in [-0.4, -0.2) is 42.2 Å². The first-order valence-corrected chi connectivity index (χ1v) is 6.81. The molecule has 0 radical (unpaired) electrons. The topological polar surface area (TPSA) is 65.7 Å². The number of hydrogen-bond donors (Lipinski definition) is 2. The predicted molar refractivity (Wildman–Crippen MR) is 72.4 cm³/mol.